The predicted octanol–water partition coefficient (Wildman–Crippen LogP) is 1.77. The lowest BCUT2D eigenvalue weighted by Gasteiger charge is -1.91. The SMILES string of the molecule is COC(=O)c1cc2cccnc2[nH]1.Cl. The van der Waals surface area contributed by atoms with Gasteiger partial charge >= 0.3 is 5.97 Å². The first-order chi connectivity index (χ1) is 6.31. The molecule has 74 valence electrons. The monoisotopic (exact) mass is 212 g/mol. The molecule has 1 N–H and O–H groups in total. The molecule has 0 aliphatic rings. The first-order valence-electron chi connectivity index (χ1n) is 3.83. The fraction of sp³-hybridized carbons (Fsp3) is 0.111. The lowest BCUT2D eigenvalue weighted by molar-refractivity contribution is 0.0595. The fourth-order valence-corrected chi connectivity index (χ4v) is 1.18. The van der Waals surface area contributed by atoms with Gasteiger partial charge in [0.25, 0.3) is 0 Å². The smallest absolute Gasteiger partial charge is 0.354 e. The van der Waals surface area contributed by atoms with Crippen LogP contribution in [0.3, 0.4) is 0 Å². The summed E-state index contributed by atoms with van der Waals surface area (Å²) in [6.45, 7) is 0. The summed E-state index contributed by atoms with van der Waals surface area (Å²) in [6.07, 6.45) is 1.67. The number of nitrogens with one attached hydrogen (secondary N) is 1. The largest absolute Gasteiger partial charge is 0.464 e. The van der Waals surface area contributed by atoms with Crippen LogP contribution in [0, 0.1) is 0 Å². The molecule has 2 heterocycles. The first-order valence-corrected chi connectivity index (χ1v) is 3.83. The van der Waals surface area contributed by atoms with E-state index in [9.17, 15) is 4.79 Å². The van der Waals surface area contributed by atoms with Gasteiger partial charge in [-0.15, -0.1) is 12.4 Å². The average Bonchev–Trinajstić information content (AvgIpc) is 2.59. The Bertz CT molecular complexity index is 420. The molecule has 2 rings (SSSR count). The number of carbonyl (C=O) groups is 1. The number of esters is 1. The third kappa shape index (κ3) is 1.70. The Morgan fingerprint density at radius 3 is 3.00 bits per heavy atom. The number of halogens is 1. The zero-order valence-corrected chi connectivity index (χ0v) is 8.30. The minimum atomic E-state index is -0.377. The molecule has 0 aliphatic carbocycles. The molecule has 2 aromatic heterocycles. The van der Waals surface area contributed by atoms with Crippen LogP contribution in [-0.4, -0.2) is 23.0 Å². The summed E-state index contributed by atoms with van der Waals surface area (Å²) in [5.41, 5.74) is 1.12. The van der Waals surface area contributed by atoms with Crippen LogP contribution in [0.4, 0.5) is 0 Å². The van der Waals surface area contributed by atoms with Gasteiger partial charge in [0.1, 0.15) is 11.3 Å². The van der Waals surface area contributed by atoms with Gasteiger partial charge in [-0.05, 0) is 18.2 Å². The summed E-state index contributed by atoms with van der Waals surface area (Å²) in [4.78, 5) is 18.0. The number of rotatable bonds is 1. The zero-order valence-electron chi connectivity index (χ0n) is 7.48. The highest BCUT2D eigenvalue weighted by Gasteiger charge is 2.08. The zero-order chi connectivity index (χ0) is 9.26. The van der Waals surface area contributed by atoms with Crippen molar-refractivity contribution in [3.63, 3.8) is 0 Å². The predicted molar refractivity (Wildman–Crippen MR) is 54.7 cm³/mol. The van der Waals surface area contributed by atoms with E-state index in [1.54, 1.807) is 12.3 Å². The van der Waals surface area contributed by atoms with Crippen LogP contribution in [0.5, 0.6) is 0 Å². The molecular formula is C9H9ClN2O2. The first kappa shape index (κ1) is 10.5. The van der Waals surface area contributed by atoms with Crippen LogP contribution in [0.25, 0.3) is 11.0 Å². The highest BCUT2D eigenvalue weighted by molar-refractivity contribution is 5.93. The topological polar surface area (TPSA) is 55.0 Å². The van der Waals surface area contributed by atoms with Crippen LogP contribution in [0.1, 0.15) is 10.5 Å². The third-order valence-electron chi connectivity index (χ3n) is 1.80. The summed E-state index contributed by atoms with van der Waals surface area (Å²) in [5, 5.41) is 0.905. The van der Waals surface area contributed by atoms with Crippen molar-refractivity contribution in [3.8, 4) is 0 Å². The third-order valence-corrected chi connectivity index (χ3v) is 1.80. The number of ether oxygens (including phenoxy) is 1. The summed E-state index contributed by atoms with van der Waals surface area (Å²) in [7, 11) is 1.35. The van der Waals surface area contributed by atoms with E-state index in [0.29, 0.717) is 11.3 Å². The molecule has 0 spiro atoms. The molecule has 0 aliphatic heterocycles. The molecule has 0 unspecified atom stereocenters. The number of methoxy groups -OCH3 is 1. The highest BCUT2D eigenvalue weighted by atomic mass is 35.5. The quantitative estimate of drug-likeness (QED) is 0.733. The number of pyridine rings is 1. The van der Waals surface area contributed by atoms with Crippen molar-refractivity contribution in [1.82, 2.24) is 9.97 Å². The van der Waals surface area contributed by atoms with Crippen molar-refractivity contribution >= 4 is 29.4 Å². The fourth-order valence-electron chi connectivity index (χ4n) is 1.18. The van der Waals surface area contributed by atoms with E-state index in [0.717, 1.165) is 5.39 Å². The van der Waals surface area contributed by atoms with Crippen molar-refractivity contribution in [1.29, 1.82) is 0 Å². The molecule has 0 aromatic carbocycles. The van der Waals surface area contributed by atoms with Gasteiger partial charge in [0.05, 0.1) is 7.11 Å². The van der Waals surface area contributed by atoms with Crippen LogP contribution in [-0.2, 0) is 4.74 Å². The normalized spacial score (nSPS) is 9.50. The van der Waals surface area contributed by atoms with Gasteiger partial charge in [0.2, 0.25) is 0 Å². The van der Waals surface area contributed by atoms with E-state index in [4.69, 9.17) is 0 Å². The number of hydrogen-bond donors (Lipinski definition) is 1. The van der Waals surface area contributed by atoms with E-state index in [-0.39, 0.29) is 18.4 Å². The molecule has 0 saturated heterocycles. The summed E-state index contributed by atoms with van der Waals surface area (Å²) >= 11 is 0. The van der Waals surface area contributed by atoms with Gasteiger partial charge < -0.3 is 9.72 Å². The van der Waals surface area contributed by atoms with Crippen molar-refractivity contribution in [3.05, 3.63) is 30.1 Å². The number of carbonyl (C=O) groups excluding carboxylic acids is 1. The molecule has 2 aromatic rings. The van der Waals surface area contributed by atoms with Crippen LogP contribution in [0.15, 0.2) is 24.4 Å². The van der Waals surface area contributed by atoms with Crippen LogP contribution < -0.4 is 0 Å². The molecule has 0 bridgehead atoms. The minimum absolute atomic E-state index is 0. The van der Waals surface area contributed by atoms with Gasteiger partial charge in [0, 0.05) is 11.6 Å². The van der Waals surface area contributed by atoms with Gasteiger partial charge in [-0.2, -0.15) is 0 Å². The number of nitrogens with zero attached hydrogens (tertiary/aromatic N) is 1. The molecule has 0 fully saturated rings. The molecule has 14 heavy (non-hydrogen) atoms. The Labute approximate surface area is 86.7 Å². The highest BCUT2D eigenvalue weighted by Crippen LogP contribution is 2.12. The van der Waals surface area contributed by atoms with Gasteiger partial charge in [-0.1, -0.05) is 0 Å². The van der Waals surface area contributed by atoms with E-state index >= 15 is 0 Å². The molecule has 4 nitrogen and oxygen atoms in total. The van der Waals surface area contributed by atoms with Gasteiger partial charge in [-0.25, -0.2) is 9.78 Å². The second-order valence-electron chi connectivity index (χ2n) is 2.62. The lowest BCUT2D eigenvalue weighted by atomic mass is 10.3. The van der Waals surface area contributed by atoms with E-state index in [2.05, 4.69) is 14.7 Å². The van der Waals surface area contributed by atoms with E-state index < -0.39 is 0 Å². The molecule has 0 radical (unpaired) electrons. The minimum Gasteiger partial charge on any atom is -0.464 e. The molecule has 0 atom stereocenters. The summed E-state index contributed by atoms with van der Waals surface area (Å²) < 4.78 is 4.57. The molecule has 0 amide bonds. The summed E-state index contributed by atoms with van der Waals surface area (Å²) in [6, 6.07) is 5.41. The number of H-pyrrole nitrogens is 1. The Kier molecular flexibility index (Phi) is 3.09. The van der Waals surface area contributed by atoms with Gasteiger partial charge in [0.15, 0.2) is 0 Å². The second kappa shape index (κ2) is 4.11. The Hall–Kier alpha value is -1.55. The number of fused-ring (bicyclic) bond motifs is 1. The van der Waals surface area contributed by atoms with Crippen molar-refractivity contribution in [2.45, 2.75) is 0 Å². The lowest BCUT2D eigenvalue weighted by Crippen LogP contribution is -2.00. The van der Waals surface area contributed by atoms with Crippen molar-refractivity contribution in [2.24, 2.45) is 0 Å². The Morgan fingerprint density at radius 2 is 2.36 bits per heavy atom. The van der Waals surface area contributed by atoms with E-state index in [1.807, 2.05) is 12.1 Å². The Balaban J connectivity index is 0.000000980. The van der Waals surface area contributed by atoms with Gasteiger partial charge in [-0.3, -0.25) is 0 Å². The molecular weight excluding hydrogens is 204 g/mol. The van der Waals surface area contributed by atoms with Crippen molar-refractivity contribution in [2.75, 3.05) is 7.11 Å². The maximum Gasteiger partial charge on any atom is 0.354 e. The Morgan fingerprint density at radius 1 is 1.57 bits per heavy atom. The number of aromatic nitrogens is 2. The molecule has 0 saturated carbocycles. The van der Waals surface area contributed by atoms with Crippen molar-refractivity contribution < 1.29 is 9.53 Å². The van der Waals surface area contributed by atoms with Crippen LogP contribution >= 0.6 is 12.4 Å². The standard InChI is InChI=1S/C9H8N2O2.ClH/c1-13-9(12)7-5-6-3-2-4-10-8(6)11-7;/h2-5H,1H3,(H,10,11);1H. The van der Waals surface area contributed by atoms with E-state index in [1.165, 1.54) is 7.11 Å². The average molecular weight is 213 g/mol. The molecule has 5 heteroatoms. The number of aromatic amines is 1. The maximum atomic E-state index is 11.1. The van der Waals surface area contributed by atoms with Crippen LogP contribution in [0.2, 0.25) is 0 Å². The second-order valence-corrected chi connectivity index (χ2v) is 2.62. The maximum absolute atomic E-state index is 11.1. The summed E-state index contributed by atoms with van der Waals surface area (Å²) in [5.74, 6) is -0.377. The number of hydrogen-bond acceptors (Lipinski definition) is 3.